The SMILES string of the molecule is COCCn1cc(C(=O)N(C)OC)cn1. The van der Waals surface area contributed by atoms with Crippen LogP contribution in [0.2, 0.25) is 0 Å². The van der Waals surface area contributed by atoms with Crippen molar-refractivity contribution in [3.8, 4) is 0 Å². The van der Waals surface area contributed by atoms with Crippen LogP contribution in [0, 0.1) is 0 Å². The highest BCUT2D eigenvalue weighted by molar-refractivity contribution is 5.92. The van der Waals surface area contributed by atoms with Crippen LogP contribution in [0.25, 0.3) is 0 Å². The van der Waals surface area contributed by atoms with Gasteiger partial charge in [-0.3, -0.25) is 14.3 Å². The molecule has 15 heavy (non-hydrogen) atoms. The third-order valence-corrected chi connectivity index (χ3v) is 1.96. The molecule has 0 aliphatic carbocycles. The third-order valence-electron chi connectivity index (χ3n) is 1.96. The van der Waals surface area contributed by atoms with E-state index < -0.39 is 0 Å². The first-order valence-corrected chi connectivity index (χ1v) is 4.52. The zero-order valence-electron chi connectivity index (χ0n) is 9.14. The average molecular weight is 213 g/mol. The summed E-state index contributed by atoms with van der Waals surface area (Å²) in [7, 11) is 4.61. The molecule has 0 N–H and O–H groups in total. The topological polar surface area (TPSA) is 56.6 Å². The average Bonchev–Trinajstić information content (AvgIpc) is 2.72. The van der Waals surface area contributed by atoms with E-state index in [2.05, 4.69) is 5.10 Å². The Hall–Kier alpha value is -1.40. The molecule has 6 nitrogen and oxygen atoms in total. The van der Waals surface area contributed by atoms with Crippen molar-refractivity contribution in [2.45, 2.75) is 6.54 Å². The quantitative estimate of drug-likeness (QED) is 0.654. The van der Waals surface area contributed by atoms with Crippen LogP contribution in [0.15, 0.2) is 12.4 Å². The fourth-order valence-electron chi connectivity index (χ4n) is 1.05. The van der Waals surface area contributed by atoms with Crippen molar-refractivity contribution in [1.29, 1.82) is 0 Å². The second-order valence-corrected chi connectivity index (χ2v) is 2.97. The fraction of sp³-hybridized carbons (Fsp3) is 0.556. The van der Waals surface area contributed by atoms with Crippen molar-refractivity contribution in [3.05, 3.63) is 18.0 Å². The van der Waals surface area contributed by atoms with E-state index in [9.17, 15) is 4.79 Å². The fourth-order valence-corrected chi connectivity index (χ4v) is 1.05. The summed E-state index contributed by atoms with van der Waals surface area (Å²) in [6.45, 7) is 1.19. The zero-order valence-corrected chi connectivity index (χ0v) is 9.14. The summed E-state index contributed by atoms with van der Waals surface area (Å²) in [4.78, 5) is 16.4. The van der Waals surface area contributed by atoms with Gasteiger partial charge in [0.2, 0.25) is 0 Å². The summed E-state index contributed by atoms with van der Waals surface area (Å²) in [6.07, 6.45) is 3.17. The summed E-state index contributed by atoms with van der Waals surface area (Å²) in [5.41, 5.74) is 0.496. The van der Waals surface area contributed by atoms with Crippen molar-refractivity contribution in [2.24, 2.45) is 0 Å². The van der Waals surface area contributed by atoms with Crippen LogP contribution in [0.3, 0.4) is 0 Å². The number of ether oxygens (including phenoxy) is 1. The summed E-state index contributed by atoms with van der Waals surface area (Å²) < 4.78 is 6.56. The maximum atomic E-state index is 11.6. The molecule has 0 radical (unpaired) electrons. The number of nitrogens with zero attached hydrogens (tertiary/aromatic N) is 3. The molecule has 1 aromatic rings. The van der Waals surface area contributed by atoms with E-state index in [0.717, 1.165) is 5.06 Å². The van der Waals surface area contributed by atoms with Gasteiger partial charge < -0.3 is 4.74 Å². The lowest BCUT2D eigenvalue weighted by molar-refractivity contribution is -0.0757. The van der Waals surface area contributed by atoms with Gasteiger partial charge in [-0.15, -0.1) is 0 Å². The lowest BCUT2D eigenvalue weighted by Gasteiger charge is -2.11. The van der Waals surface area contributed by atoms with E-state index >= 15 is 0 Å². The number of rotatable bonds is 5. The molecule has 0 atom stereocenters. The predicted octanol–water partition coefficient (Wildman–Crippen LogP) is 0.163. The summed E-state index contributed by atoms with van der Waals surface area (Å²) >= 11 is 0. The Labute approximate surface area is 88.3 Å². The highest BCUT2D eigenvalue weighted by Crippen LogP contribution is 2.02. The molecule has 0 saturated heterocycles. The summed E-state index contributed by atoms with van der Waals surface area (Å²) in [5, 5.41) is 5.18. The number of methoxy groups -OCH3 is 1. The maximum absolute atomic E-state index is 11.6. The molecule has 1 aromatic heterocycles. The van der Waals surface area contributed by atoms with Crippen LogP contribution in [0.1, 0.15) is 10.4 Å². The highest BCUT2D eigenvalue weighted by atomic mass is 16.7. The standard InChI is InChI=1S/C9H15N3O3/c1-11(15-3)9(13)8-6-10-12(7-8)4-5-14-2/h6-7H,4-5H2,1-3H3. The van der Waals surface area contributed by atoms with Crippen molar-refractivity contribution in [2.75, 3.05) is 27.9 Å². The molecule has 0 spiro atoms. The van der Waals surface area contributed by atoms with Crippen LogP contribution in [-0.4, -0.2) is 48.6 Å². The largest absolute Gasteiger partial charge is 0.383 e. The van der Waals surface area contributed by atoms with Gasteiger partial charge in [0.1, 0.15) is 0 Å². The van der Waals surface area contributed by atoms with E-state index in [1.165, 1.54) is 13.3 Å². The minimum atomic E-state index is -0.221. The van der Waals surface area contributed by atoms with Crippen molar-refractivity contribution < 1.29 is 14.4 Å². The Morgan fingerprint density at radius 2 is 2.33 bits per heavy atom. The van der Waals surface area contributed by atoms with Gasteiger partial charge in [0.25, 0.3) is 5.91 Å². The molecule has 1 amide bonds. The van der Waals surface area contributed by atoms with Crippen LogP contribution in [-0.2, 0) is 16.1 Å². The molecule has 0 aliphatic heterocycles. The van der Waals surface area contributed by atoms with Crippen LogP contribution in [0.4, 0.5) is 0 Å². The minimum Gasteiger partial charge on any atom is -0.383 e. The van der Waals surface area contributed by atoms with Gasteiger partial charge >= 0.3 is 0 Å². The molecule has 0 fully saturated rings. The lowest BCUT2D eigenvalue weighted by atomic mass is 10.3. The number of aromatic nitrogens is 2. The van der Waals surface area contributed by atoms with Gasteiger partial charge in [-0.05, 0) is 0 Å². The number of hydrogen-bond donors (Lipinski definition) is 0. The van der Waals surface area contributed by atoms with E-state index in [-0.39, 0.29) is 5.91 Å². The Morgan fingerprint density at radius 3 is 2.93 bits per heavy atom. The Balaban J connectivity index is 2.63. The number of carbonyl (C=O) groups is 1. The Bertz CT molecular complexity index is 324. The molecule has 6 heteroatoms. The van der Waals surface area contributed by atoms with Crippen LogP contribution in [0.5, 0.6) is 0 Å². The second-order valence-electron chi connectivity index (χ2n) is 2.97. The Morgan fingerprint density at radius 1 is 1.60 bits per heavy atom. The maximum Gasteiger partial charge on any atom is 0.280 e. The molecule has 0 aliphatic rings. The molecular weight excluding hydrogens is 198 g/mol. The molecule has 0 saturated carbocycles. The molecular formula is C9H15N3O3. The Kier molecular flexibility index (Phi) is 4.26. The van der Waals surface area contributed by atoms with Crippen molar-refractivity contribution in [3.63, 3.8) is 0 Å². The highest BCUT2D eigenvalue weighted by Gasteiger charge is 2.13. The number of carbonyl (C=O) groups excluding carboxylic acids is 1. The number of hydrogen-bond acceptors (Lipinski definition) is 4. The van der Waals surface area contributed by atoms with Crippen molar-refractivity contribution >= 4 is 5.91 Å². The first-order valence-electron chi connectivity index (χ1n) is 4.52. The zero-order chi connectivity index (χ0) is 11.3. The first kappa shape index (κ1) is 11.7. The minimum absolute atomic E-state index is 0.221. The van der Waals surface area contributed by atoms with E-state index in [0.29, 0.717) is 18.7 Å². The van der Waals surface area contributed by atoms with Gasteiger partial charge in [-0.1, -0.05) is 0 Å². The van der Waals surface area contributed by atoms with Gasteiger partial charge in [-0.2, -0.15) is 5.10 Å². The summed E-state index contributed by atoms with van der Waals surface area (Å²) in [6, 6.07) is 0. The number of amides is 1. The van der Waals surface area contributed by atoms with Crippen LogP contribution >= 0.6 is 0 Å². The predicted molar refractivity (Wildman–Crippen MR) is 53.2 cm³/mol. The number of hydroxylamine groups is 2. The van der Waals surface area contributed by atoms with Gasteiger partial charge in [0.15, 0.2) is 0 Å². The second kappa shape index (κ2) is 5.47. The lowest BCUT2D eigenvalue weighted by Crippen LogP contribution is -2.24. The van der Waals surface area contributed by atoms with Gasteiger partial charge in [-0.25, -0.2) is 5.06 Å². The molecule has 1 heterocycles. The molecule has 84 valence electrons. The van der Waals surface area contributed by atoms with E-state index in [4.69, 9.17) is 9.57 Å². The third kappa shape index (κ3) is 3.03. The van der Waals surface area contributed by atoms with Crippen LogP contribution < -0.4 is 0 Å². The molecule has 0 aromatic carbocycles. The van der Waals surface area contributed by atoms with Crippen molar-refractivity contribution in [1.82, 2.24) is 14.8 Å². The normalized spacial score (nSPS) is 10.3. The molecule has 0 unspecified atom stereocenters. The molecule has 1 rings (SSSR count). The smallest absolute Gasteiger partial charge is 0.280 e. The van der Waals surface area contributed by atoms with E-state index in [1.54, 1.807) is 25.0 Å². The first-order chi connectivity index (χ1) is 7.19. The van der Waals surface area contributed by atoms with E-state index in [1.807, 2.05) is 0 Å². The van der Waals surface area contributed by atoms with Gasteiger partial charge in [0.05, 0.1) is 32.0 Å². The molecule has 0 bridgehead atoms. The van der Waals surface area contributed by atoms with Gasteiger partial charge in [0, 0.05) is 20.4 Å². The monoisotopic (exact) mass is 213 g/mol. The summed E-state index contributed by atoms with van der Waals surface area (Å²) in [5.74, 6) is -0.221.